The summed E-state index contributed by atoms with van der Waals surface area (Å²) < 4.78 is 1.50. The first-order valence-corrected chi connectivity index (χ1v) is 14.9. The number of fused-ring (bicyclic) bond motifs is 1. The molecule has 2 aromatic carbocycles. The van der Waals surface area contributed by atoms with Gasteiger partial charge < -0.3 is 42.8 Å². The number of carbonyl (C=O) groups is 5. The Balaban J connectivity index is 1.30. The van der Waals surface area contributed by atoms with Gasteiger partial charge in [-0.1, -0.05) is 42.5 Å². The van der Waals surface area contributed by atoms with Gasteiger partial charge in [0.2, 0.25) is 29.5 Å². The number of amides is 5. The Labute approximate surface area is 274 Å². The molecule has 0 radical (unpaired) electrons. The molecule has 0 fully saturated rings. The van der Waals surface area contributed by atoms with Crippen LogP contribution in [0.5, 0.6) is 5.75 Å². The summed E-state index contributed by atoms with van der Waals surface area (Å²) in [5.41, 5.74) is 20.0. The third-order valence-electron chi connectivity index (χ3n) is 7.24. The lowest BCUT2D eigenvalue weighted by atomic mass is 10.0. The van der Waals surface area contributed by atoms with Crippen LogP contribution < -0.4 is 38.5 Å². The molecule has 48 heavy (non-hydrogen) atoms. The highest BCUT2D eigenvalue weighted by Gasteiger charge is 2.27. The minimum Gasteiger partial charge on any atom is -0.508 e. The van der Waals surface area contributed by atoms with Crippen molar-refractivity contribution in [2.75, 3.05) is 12.3 Å². The second kappa shape index (κ2) is 16.1. The van der Waals surface area contributed by atoms with E-state index in [1.165, 1.54) is 36.3 Å². The SMILES string of the molecule is C[C@@H](NC(=O)[C@@H](N)Cc1ccc(O)cc1)C(=O)NCC(=O)N[C@@H](Cc1ccccc1)C(=O)NC(=O)C(N)Cn1cnc2c(N)ncnc21. The van der Waals surface area contributed by atoms with Gasteiger partial charge in [0.15, 0.2) is 11.5 Å². The van der Waals surface area contributed by atoms with Crippen molar-refractivity contribution in [1.82, 2.24) is 40.8 Å². The van der Waals surface area contributed by atoms with Gasteiger partial charge in [0.25, 0.3) is 0 Å². The second-order valence-corrected chi connectivity index (χ2v) is 11.0. The van der Waals surface area contributed by atoms with Crippen LogP contribution in [-0.2, 0) is 43.4 Å². The Morgan fingerprint density at radius 2 is 1.50 bits per heavy atom. The Kier molecular flexibility index (Phi) is 11.7. The number of hydrogen-bond donors (Lipinski definition) is 8. The summed E-state index contributed by atoms with van der Waals surface area (Å²) in [6.07, 6.45) is 2.85. The lowest BCUT2D eigenvalue weighted by Gasteiger charge is -2.20. The van der Waals surface area contributed by atoms with Gasteiger partial charge in [0.1, 0.15) is 35.7 Å². The zero-order chi connectivity index (χ0) is 34.8. The Morgan fingerprint density at radius 1 is 0.812 bits per heavy atom. The summed E-state index contributed by atoms with van der Waals surface area (Å²) in [4.78, 5) is 76.2. The predicted octanol–water partition coefficient (Wildman–Crippen LogP) is -2.00. The third kappa shape index (κ3) is 9.54. The minimum atomic E-state index is -1.20. The van der Waals surface area contributed by atoms with E-state index in [-0.39, 0.29) is 31.0 Å². The quantitative estimate of drug-likeness (QED) is 0.0730. The first-order chi connectivity index (χ1) is 22.9. The van der Waals surface area contributed by atoms with E-state index in [0.29, 0.717) is 16.7 Å². The number of nitrogens with two attached hydrogens (primary N) is 3. The van der Waals surface area contributed by atoms with Gasteiger partial charge in [0, 0.05) is 13.0 Å². The number of aromatic hydroxyl groups is 1. The van der Waals surface area contributed by atoms with Crippen molar-refractivity contribution in [3.8, 4) is 5.75 Å². The standard InChI is InChI=1S/C31H37N11O6/c1-17(39-29(46)21(32)11-19-7-9-20(43)10-8-19)28(45)35-13-24(44)40-23(12-18-5-3-2-4-6-18)31(48)41-30(47)22(33)14-42-16-38-25-26(34)36-15-37-27(25)42/h2-10,15-17,21-23,43H,11-14,32-33H2,1H3,(H,35,45)(H,39,46)(H,40,44)(H2,34,36,37)(H,41,47,48)/t17-,21+,22?,23+/m1/s1. The van der Waals surface area contributed by atoms with Crippen molar-refractivity contribution in [3.63, 3.8) is 0 Å². The average Bonchev–Trinajstić information content (AvgIpc) is 3.48. The van der Waals surface area contributed by atoms with Crippen LogP contribution in [0.3, 0.4) is 0 Å². The zero-order valence-electron chi connectivity index (χ0n) is 26.0. The Bertz CT molecular complexity index is 1760. The molecule has 252 valence electrons. The molecule has 1 unspecified atom stereocenters. The highest BCUT2D eigenvalue weighted by molar-refractivity contribution is 6.01. The number of phenols is 1. The van der Waals surface area contributed by atoms with Gasteiger partial charge in [-0.3, -0.25) is 29.3 Å². The number of aromatic nitrogens is 4. The highest BCUT2D eigenvalue weighted by atomic mass is 16.3. The van der Waals surface area contributed by atoms with Crippen LogP contribution in [0.1, 0.15) is 18.1 Å². The molecule has 0 saturated heterocycles. The molecule has 0 saturated carbocycles. The van der Waals surface area contributed by atoms with Crippen LogP contribution >= 0.6 is 0 Å². The van der Waals surface area contributed by atoms with Crippen molar-refractivity contribution in [2.45, 2.75) is 50.5 Å². The molecular formula is C31H37N11O6. The highest BCUT2D eigenvalue weighted by Crippen LogP contribution is 2.14. The summed E-state index contributed by atoms with van der Waals surface area (Å²) >= 11 is 0. The van der Waals surface area contributed by atoms with Gasteiger partial charge in [-0.05, 0) is 36.6 Å². The van der Waals surface area contributed by atoms with Crippen LogP contribution in [0.15, 0.2) is 67.3 Å². The number of imidazole rings is 1. The molecule has 0 spiro atoms. The molecule has 0 aliphatic carbocycles. The monoisotopic (exact) mass is 659 g/mol. The van der Waals surface area contributed by atoms with Crippen molar-refractivity contribution in [1.29, 1.82) is 0 Å². The molecule has 4 rings (SSSR count). The summed E-state index contributed by atoms with van der Waals surface area (Å²) in [6, 6.07) is 10.6. The maximum atomic E-state index is 13.2. The van der Waals surface area contributed by atoms with Crippen molar-refractivity contribution in [3.05, 3.63) is 78.4 Å². The third-order valence-corrected chi connectivity index (χ3v) is 7.24. The first kappa shape index (κ1) is 34.9. The molecule has 0 aliphatic heterocycles. The molecule has 4 atom stereocenters. The van der Waals surface area contributed by atoms with Crippen LogP contribution in [0, 0.1) is 0 Å². The lowest BCUT2D eigenvalue weighted by Crippen LogP contribution is -2.55. The fourth-order valence-electron chi connectivity index (χ4n) is 4.62. The van der Waals surface area contributed by atoms with Crippen LogP contribution in [0.4, 0.5) is 5.82 Å². The van der Waals surface area contributed by atoms with E-state index in [9.17, 15) is 29.1 Å². The number of phenolic OH excluding ortho intramolecular Hbond substituents is 1. The average molecular weight is 660 g/mol. The molecular weight excluding hydrogens is 622 g/mol. The molecule has 5 amide bonds. The molecule has 4 aromatic rings. The second-order valence-electron chi connectivity index (χ2n) is 11.0. The van der Waals surface area contributed by atoms with Gasteiger partial charge in [-0.15, -0.1) is 0 Å². The summed E-state index contributed by atoms with van der Waals surface area (Å²) in [5, 5.41) is 19.1. The van der Waals surface area contributed by atoms with Crippen molar-refractivity contribution in [2.24, 2.45) is 11.5 Å². The maximum absolute atomic E-state index is 13.2. The number of imide groups is 1. The zero-order valence-corrected chi connectivity index (χ0v) is 26.0. The van der Waals surface area contributed by atoms with E-state index in [0.717, 1.165) is 5.56 Å². The van der Waals surface area contributed by atoms with E-state index < -0.39 is 60.2 Å². The Hall–Kier alpha value is -5.94. The van der Waals surface area contributed by atoms with E-state index in [1.54, 1.807) is 42.5 Å². The number of nitrogens with zero attached hydrogens (tertiary/aromatic N) is 4. The fourth-order valence-corrected chi connectivity index (χ4v) is 4.62. The number of carbonyl (C=O) groups excluding carboxylic acids is 5. The molecule has 2 heterocycles. The molecule has 0 aliphatic rings. The fraction of sp³-hybridized carbons (Fsp3) is 0.290. The first-order valence-electron chi connectivity index (χ1n) is 14.9. The maximum Gasteiger partial charge on any atom is 0.249 e. The predicted molar refractivity (Wildman–Crippen MR) is 173 cm³/mol. The largest absolute Gasteiger partial charge is 0.508 e. The van der Waals surface area contributed by atoms with Gasteiger partial charge in [0.05, 0.1) is 18.9 Å². The number of nitrogens with one attached hydrogen (secondary N) is 4. The van der Waals surface area contributed by atoms with Gasteiger partial charge in [-0.2, -0.15) is 0 Å². The number of benzene rings is 2. The normalized spacial score (nSPS) is 13.5. The summed E-state index contributed by atoms with van der Waals surface area (Å²) in [7, 11) is 0. The molecule has 0 bridgehead atoms. The van der Waals surface area contributed by atoms with Crippen LogP contribution in [0.2, 0.25) is 0 Å². The van der Waals surface area contributed by atoms with Crippen molar-refractivity contribution < 1.29 is 29.1 Å². The van der Waals surface area contributed by atoms with E-state index in [4.69, 9.17) is 17.2 Å². The molecule has 17 nitrogen and oxygen atoms in total. The topological polar surface area (TPSA) is 275 Å². The summed E-state index contributed by atoms with van der Waals surface area (Å²) in [5.74, 6) is -3.36. The molecule has 2 aromatic heterocycles. The minimum absolute atomic E-state index is 0.0304. The van der Waals surface area contributed by atoms with Gasteiger partial charge in [-0.25, -0.2) is 15.0 Å². The van der Waals surface area contributed by atoms with E-state index in [2.05, 4.69) is 36.2 Å². The van der Waals surface area contributed by atoms with E-state index >= 15 is 0 Å². The number of rotatable bonds is 14. The van der Waals surface area contributed by atoms with Gasteiger partial charge >= 0.3 is 0 Å². The number of anilines is 1. The van der Waals surface area contributed by atoms with Crippen LogP contribution in [0.25, 0.3) is 11.2 Å². The van der Waals surface area contributed by atoms with Crippen molar-refractivity contribution >= 4 is 46.5 Å². The van der Waals surface area contributed by atoms with E-state index in [1.807, 2.05) is 0 Å². The number of nitrogen functional groups attached to an aromatic ring is 1. The number of hydrogen-bond acceptors (Lipinski definition) is 12. The Morgan fingerprint density at radius 3 is 2.21 bits per heavy atom. The summed E-state index contributed by atoms with van der Waals surface area (Å²) in [6.45, 7) is 0.820. The molecule has 17 heteroatoms. The molecule has 11 N–H and O–H groups in total. The van der Waals surface area contributed by atoms with Crippen LogP contribution in [-0.4, -0.2) is 84.9 Å². The smallest absolute Gasteiger partial charge is 0.249 e. The lowest BCUT2D eigenvalue weighted by molar-refractivity contribution is -0.135.